The van der Waals surface area contributed by atoms with Crippen LogP contribution in [0.1, 0.15) is 0 Å². The average molecular weight is 514 g/mol. The van der Waals surface area contributed by atoms with Crippen molar-refractivity contribution in [2.75, 3.05) is 0 Å². The van der Waals surface area contributed by atoms with Crippen LogP contribution >= 0.6 is 33.9 Å². The zero-order valence-corrected chi connectivity index (χ0v) is 19.2. The standard InChI is InChI=1S/C28H19IS/c29-24-18-16-23(17-19-24)28-26(21-12-6-2-7-13-21)25(20-10-4-1-5-11-20)27(30-28)22-14-8-3-9-15-22/h1-19H. The lowest BCUT2D eigenvalue weighted by atomic mass is 9.91. The van der Waals surface area contributed by atoms with E-state index in [1.165, 1.54) is 46.7 Å². The number of benzene rings is 4. The van der Waals surface area contributed by atoms with E-state index in [4.69, 9.17) is 0 Å². The molecule has 0 amide bonds. The molecule has 0 saturated heterocycles. The third kappa shape index (κ3) is 3.73. The summed E-state index contributed by atoms with van der Waals surface area (Å²) in [5, 5.41) is 0. The first kappa shape index (κ1) is 19.3. The Morgan fingerprint density at radius 1 is 0.400 bits per heavy atom. The maximum atomic E-state index is 2.37. The lowest BCUT2D eigenvalue weighted by Gasteiger charge is -2.11. The minimum absolute atomic E-state index is 1.25. The first-order chi connectivity index (χ1) is 14.8. The number of hydrogen-bond donors (Lipinski definition) is 0. The fourth-order valence-electron chi connectivity index (χ4n) is 3.79. The molecule has 5 aromatic rings. The highest BCUT2D eigenvalue weighted by Crippen LogP contribution is 2.51. The number of halogens is 1. The van der Waals surface area contributed by atoms with Crippen LogP contribution in [0.15, 0.2) is 115 Å². The Morgan fingerprint density at radius 2 is 0.767 bits per heavy atom. The lowest BCUT2D eigenvalue weighted by Crippen LogP contribution is -1.85. The van der Waals surface area contributed by atoms with Gasteiger partial charge in [-0.25, -0.2) is 0 Å². The van der Waals surface area contributed by atoms with E-state index in [0.29, 0.717) is 0 Å². The van der Waals surface area contributed by atoms with Gasteiger partial charge in [0.25, 0.3) is 0 Å². The summed E-state index contributed by atoms with van der Waals surface area (Å²) in [6.45, 7) is 0. The van der Waals surface area contributed by atoms with Gasteiger partial charge < -0.3 is 0 Å². The Balaban J connectivity index is 1.88. The van der Waals surface area contributed by atoms with Gasteiger partial charge in [-0.1, -0.05) is 103 Å². The topological polar surface area (TPSA) is 0 Å². The van der Waals surface area contributed by atoms with Gasteiger partial charge >= 0.3 is 0 Å². The monoisotopic (exact) mass is 514 g/mol. The van der Waals surface area contributed by atoms with Gasteiger partial charge in [0.05, 0.1) is 0 Å². The van der Waals surface area contributed by atoms with Crippen molar-refractivity contribution in [1.29, 1.82) is 0 Å². The molecule has 0 nitrogen and oxygen atoms in total. The van der Waals surface area contributed by atoms with Gasteiger partial charge in [-0.2, -0.15) is 0 Å². The zero-order chi connectivity index (χ0) is 20.3. The van der Waals surface area contributed by atoms with Crippen molar-refractivity contribution in [2.45, 2.75) is 0 Å². The van der Waals surface area contributed by atoms with Crippen molar-refractivity contribution in [3.63, 3.8) is 0 Å². The summed E-state index contributed by atoms with van der Waals surface area (Å²) in [7, 11) is 0. The SMILES string of the molecule is Ic1ccc(-c2sc(-c3ccccc3)c(-c3ccccc3)c2-c2ccccc2)cc1. The Hall–Kier alpha value is -2.69. The van der Waals surface area contributed by atoms with Gasteiger partial charge in [-0.3, -0.25) is 0 Å². The molecule has 1 aromatic heterocycles. The Morgan fingerprint density at radius 3 is 1.20 bits per heavy atom. The molecule has 1 heterocycles. The molecule has 4 aromatic carbocycles. The summed E-state index contributed by atoms with van der Waals surface area (Å²) >= 11 is 4.26. The lowest BCUT2D eigenvalue weighted by molar-refractivity contribution is 1.60. The van der Waals surface area contributed by atoms with Crippen LogP contribution in [0.5, 0.6) is 0 Å². The second-order valence-corrected chi connectivity index (χ2v) is 9.38. The summed E-state index contributed by atoms with van der Waals surface area (Å²) in [4.78, 5) is 2.63. The molecule has 0 bridgehead atoms. The molecule has 2 heteroatoms. The summed E-state index contributed by atoms with van der Waals surface area (Å²) in [5.74, 6) is 0. The van der Waals surface area contributed by atoms with E-state index >= 15 is 0 Å². The van der Waals surface area contributed by atoms with Gasteiger partial charge in [0.15, 0.2) is 0 Å². The quantitative estimate of drug-likeness (QED) is 0.210. The van der Waals surface area contributed by atoms with Crippen molar-refractivity contribution >= 4 is 33.9 Å². The number of thiophene rings is 1. The molecular formula is C28H19IS. The highest BCUT2D eigenvalue weighted by Gasteiger charge is 2.22. The first-order valence-corrected chi connectivity index (χ1v) is 11.8. The van der Waals surface area contributed by atoms with Gasteiger partial charge in [0.2, 0.25) is 0 Å². The Kier molecular flexibility index (Phi) is 5.52. The van der Waals surface area contributed by atoms with E-state index in [0.717, 1.165) is 0 Å². The molecule has 0 atom stereocenters. The van der Waals surface area contributed by atoms with E-state index in [2.05, 4.69) is 138 Å². The second-order valence-electron chi connectivity index (χ2n) is 7.12. The van der Waals surface area contributed by atoms with Gasteiger partial charge in [-0.15, -0.1) is 11.3 Å². The highest BCUT2D eigenvalue weighted by atomic mass is 127. The predicted octanol–water partition coefficient (Wildman–Crippen LogP) is 9.02. The molecule has 0 N–H and O–H groups in total. The molecule has 0 fully saturated rings. The highest BCUT2D eigenvalue weighted by molar-refractivity contribution is 14.1. The Bertz CT molecular complexity index is 1260. The summed E-state index contributed by atoms with van der Waals surface area (Å²) in [6.07, 6.45) is 0. The van der Waals surface area contributed by atoms with Crippen LogP contribution in [-0.4, -0.2) is 0 Å². The third-order valence-electron chi connectivity index (χ3n) is 5.18. The van der Waals surface area contributed by atoms with Gasteiger partial charge in [0, 0.05) is 24.5 Å². The number of rotatable bonds is 4. The zero-order valence-electron chi connectivity index (χ0n) is 16.3. The summed E-state index contributed by atoms with van der Waals surface area (Å²) < 4.78 is 1.25. The Labute approximate surface area is 195 Å². The maximum absolute atomic E-state index is 2.37. The maximum Gasteiger partial charge on any atom is 0.0434 e. The van der Waals surface area contributed by atoms with Gasteiger partial charge in [0.1, 0.15) is 0 Å². The molecule has 0 radical (unpaired) electrons. The minimum Gasteiger partial charge on any atom is -0.134 e. The second kappa shape index (κ2) is 8.58. The van der Waals surface area contributed by atoms with Crippen molar-refractivity contribution < 1.29 is 0 Å². The van der Waals surface area contributed by atoms with Crippen molar-refractivity contribution in [1.82, 2.24) is 0 Å². The summed E-state index contributed by atoms with van der Waals surface area (Å²) in [6, 6.07) is 41.2. The fraction of sp³-hybridized carbons (Fsp3) is 0. The molecule has 30 heavy (non-hydrogen) atoms. The van der Waals surface area contributed by atoms with E-state index in [1.807, 2.05) is 11.3 Å². The third-order valence-corrected chi connectivity index (χ3v) is 7.18. The molecule has 0 aliphatic heterocycles. The smallest absolute Gasteiger partial charge is 0.0434 e. The van der Waals surface area contributed by atoms with Crippen molar-refractivity contribution in [3.8, 4) is 43.1 Å². The molecule has 0 saturated carbocycles. The predicted molar refractivity (Wildman–Crippen MR) is 139 cm³/mol. The van der Waals surface area contributed by atoms with E-state index in [-0.39, 0.29) is 0 Å². The van der Waals surface area contributed by atoms with Gasteiger partial charge in [-0.05, 0) is 57.0 Å². The van der Waals surface area contributed by atoms with Crippen LogP contribution in [0, 0.1) is 3.57 Å². The molecular weight excluding hydrogens is 495 g/mol. The molecule has 0 aliphatic rings. The normalized spacial score (nSPS) is 10.8. The number of hydrogen-bond acceptors (Lipinski definition) is 1. The molecule has 0 aliphatic carbocycles. The van der Waals surface area contributed by atoms with Crippen LogP contribution in [-0.2, 0) is 0 Å². The average Bonchev–Trinajstić information content (AvgIpc) is 3.22. The van der Waals surface area contributed by atoms with Crippen LogP contribution in [0.2, 0.25) is 0 Å². The summed E-state index contributed by atoms with van der Waals surface area (Å²) in [5.41, 5.74) is 7.65. The van der Waals surface area contributed by atoms with Crippen LogP contribution in [0.3, 0.4) is 0 Å². The molecule has 0 unspecified atom stereocenters. The fourth-order valence-corrected chi connectivity index (χ4v) is 5.50. The molecule has 144 valence electrons. The molecule has 0 spiro atoms. The largest absolute Gasteiger partial charge is 0.134 e. The van der Waals surface area contributed by atoms with Crippen LogP contribution < -0.4 is 0 Å². The van der Waals surface area contributed by atoms with E-state index in [9.17, 15) is 0 Å². The van der Waals surface area contributed by atoms with Crippen LogP contribution in [0.25, 0.3) is 43.1 Å². The minimum atomic E-state index is 1.25. The van der Waals surface area contributed by atoms with Crippen molar-refractivity contribution in [2.24, 2.45) is 0 Å². The van der Waals surface area contributed by atoms with Crippen LogP contribution in [0.4, 0.5) is 0 Å². The molecule has 5 rings (SSSR count). The van der Waals surface area contributed by atoms with E-state index < -0.39 is 0 Å². The first-order valence-electron chi connectivity index (χ1n) is 9.90. The van der Waals surface area contributed by atoms with E-state index in [1.54, 1.807) is 0 Å². The van der Waals surface area contributed by atoms with Crippen molar-refractivity contribution in [3.05, 3.63) is 119 Å².